The number of imidazole rings is 1. The van der Waals surface area contributed by atoms with Crippen LogP contribution in [-0.2, 0) is 19.3 Å². The van der Waals surface area contributed by atoms with Crippen molar-refractivity contribution in [3.8, 4) is 11.3 Å². The van der Waals surface area contributed by atoms with Gasteiger partial charge in [0.2, 0.25) is 0 Å². The van der Waals surface area contributed by atoms with E-state index in [1.54, 1.807) is 6.07 Å². The van der Waals surface area contributed by atoms with E-state index >= 15 is 0 Å². The zero-order chi connectivity index (χ0) is 18.6. The summed E-state index contributed by atoms with van der Waals surface area (Å²) in [5, 5.41) is 8.41. The summed E-state index contributed by atoms with van der Waals surface area (Å²) < 4.78 is 0. The molecule has 0 unspecified atom stereocenters. The van der Waals surface area contributed by atoms with Crippen LogP contribution in [0.3, 0.4) is 0 Å². The molecule has 0 aliphatic rings. The number of hydrogen-bond donors (Lipinski definition) is 1. The monoisotopic (exact) mass is 368 g/mol. The van der Waals surface area contributed by atoms with Gasteiger partial charge in [-0.15, -0.1) is 10.2 Å². The molecule has 0 saturated heterocycles. The summed E-state index contributed by atoms with van der Waals surface area (Å²) in [4.78, 5) is 8.01. The first-order valence-corrected chi connectivity index (χ1v) is 9.44. The molecule has 0 saturated carbocycles. The van der Waals surface area contributed by atoms with E-state index < -0.39 is 0 Å². The average molecular weight is 369 g/mol. The van der Waals surface area contributed by atoms with Gasteiger partial charge in [-0.05, 0) is 36.0 Å². The lowest BCUT2D eigenvalue weighted by Crippen LogP contribution is -2.13. The third-order valence-corrected chi connectivity index (χ3v) is 5.04. The normalized spacial score (nSPS) is 11.7. The van der Waals surface area contributed by atoms with Crippen LogP contribution in [0.25, 0.3) is 11.3 Å². The maximum absolute atomic E-state index is 5.79. The SMILES string of the molecule is CCC(C)(C)Cc1cnc(CCc2ccc(-c3ccc(Cl)nn3)cc2)[nH]1. The van der Waals surface area contributed by atoms with E-state index in [2.05, 4.69) is 65.2 Å². The molecule has 3 rings (SSSR count). The third kappa shape index (κ3) is 4.92. The van der Waals surface area contributed by atoms with Gasteiger partial charge in [-0.3, -0.25) is 0 Å². The molecule has 0 radical (unpaired) electrons. The summed E-state index contributed by atoms with van der Waals surface area (Å²) in [6.07, 6.45) is 6.04. The molecule has 0 bridgehead atoms. The van der Waals surface area contributed by atoms with Gasteiger partial charge in [0.15, 0.2) is 5.15 Å². The number of H-pyrrole nitrogens is 1. The highest BCUT2D eigenvalue weighted by Crippen LogP contribution is 2.24. The Kier molecular flexibility index (Phi) is 5.72. The van der Waals surface area contributed by atoms with Crippen LogP contribution in [0.5, 0.6) is 0 Å². The number of aromatic nitrogens is 4. The van der Waals surface area contributed by atoms with Crippen molar-refractivity contribution in [2.75, 3.05) is 0 Å². The largest absolute Gasteiger partial charge is 0.346 e. The van der Waals surface area contributed by atoms with Gasteiger partial charge >= 0.3 is 0 Å². The number of nitrogens with zero attached hydrogens (tertiary/aromatic N) is 3. The van der Waals surface area contributed by atoms with Crippen molar-refractivity contribution >= 4 is 11.6 Å². The molecule has 3 aromatic rings. The van der Waals surface area contributed by atoms with Gasteiger partial charge in [0.1, 0.15) is 5.82 Å². The van der Waals surface area contributed by atoms with Crippen LogP contribution in [0.4, 0.5) is 0 Å². The molecule has 2 aromatic heterocycles. The van der Waals surface area contributed by atoms with E-state index in [4.69, 9.17) is 11.6 Å². The second kappa shape index (κ2) is 8.00. The minimum Gasteiger partial charge on any atom is -0.346 e. The Balaban J connectivity index is 1.58. The highest BCUT2D eigenvalue weighted by atomic mass is 35.5. The number of aromatic amines is 1. The predicted molar refractivity (Wildman–Crippen MR) is 106 cm³/mol. The lowest BCUT2D eigenvalue weighted by atomic mass is 9.85. The molecule has 5 heteroatoms. The highest BCUT2D eigenvalue weighted by molar-refractivity contribution is 6.29. The molecule has 0 fully saturated rings. The van der Waals surface area contributed by atoms with Gasteiger partial charge in [0.05, 0.1) is 5.69 Å². The molecule has 136 valence electrons. The van der Waals surface area contributed by atoms with E-state index in [0.29, 0.717) is 10.6 Å². The fourth-order valence-corrected chi connectivity index (χ4v) is 2.94. The van der Waals surface area contributed by atoms with Crippen molar-refractivity contribution < 1.29 is 0 Å². The van der Waals surface area contributed by atoms with Gasteiger partial charge in [0.25, 0.3) is 0 Å². The fraction of sp³-hybridized carbons (Fsp3) is 0.381. The molecule has 1 aromatic carbocycles. The Morgan fingerprint density at radius 3 is 2.42 bits per heavy atom. The maximum atomic E-state index is 5.79. The van der Waals surface area contributed by atoms with E-state index in [1.165, 1.54) is 11.3 Å². The minimum atomic E-state index is 0.310. The highest BCUT2D eigenvalue weighted by Gasteiger charge is 2.17. The molecule has 0 spiro atoms. The summed E-state index contributed by atoms with van der Waals surface area (Å²) in [5.74, 6) is 1.06. The standard InChI is InChI=1S/C21H25ClN4/c1-4-21(2,3)13-17-14-23-20(24-17)12-7-15-5-8-16(9-6-15)18-10-11-19(22)26-25-18/h5-6,8-11,14H,4,7,12-13H2,1-3H3,(H,23,24). The van der Waals surface area contributed by atoms with Crippen LogP contribution >= 0.6 is 11.6 Å². The third-order valence-electron chi connectivity index (χ3n) is 4.84. The topological polar surface area (TPSA) is 54.5 Å². The molecular formula is C21H25ClN4. The maximum Gasteiger partial charge on any atom is 0.151 e. The number of hydrogen-bond acceptors (Lipinski definition) is 3. The average Bonchev–Trinajstić information content (AvgIpc) is 3.08. The van der Waals surface area contributed by atoms with Crippen molar-refractivity contribution in [2.45, 2.75) is 46.5 Å². The van der Waals surface area contributed by atoms with Gasteiger partial charge < -0.3 is 4.98 Å². The van der Waals surface area contributed by atoms with E-state index in [-0.39, 0.29) is 0 Å². The fourth-order valence-electron chi connectivity index (χ4n) is 2.84. The van der Waals surface area contributed by atoms with E-state index in [9.17, 15) is 0 Å². The summed E-state index contributed by atoms with van der Waals surface area (Å²) in [6.45, 7) is 6.82. The summed E-state index contributed by atoms with van der Waals surface area (Å²) in [5.41, 5.74) is 4.69. The van der Waals surface area contributed by atoms with Crippen molar-refractivity contribution in [1.82, 2.24) is 20.2 Å². The zero-order valence-electron chi connectivity index (χ0n) is 15.6. The van der Waals surface area contributed by atoms with E-state index in [1.807, 2.05) is 12.3 Å². The number of rotatable bonds is 7. The smallest absolute Gasteiger partial charge is 0.151 e. The lowest BCUT2D eigenvalue weighted by molar-refractivity contribution is 0.346. The van der Waals surface area contributed by atoms with Gasteiger partial charge in [-0.25, -0.2) is 4.98 Å². The second-order valence-electron chi connectivity index (χ2n) is 7.49. The van der Waals surface area contributed by atoms with Crippen LogP contribution in [0.15, 0.2) is 42.6 Å². The van der Waals surface area contributed by atoms with Crippen molar-refractivity contribution in [2.24, 2.45) is 5.41 Å². The number of halogens is 1. The molecule has 1 N–H and O–H groups in total. The molecule has 0 amide bonds. The van der Waals surface area contributed by atoms with E-state index in [0.717, 1.165) is 42.8 Å². The molecule has 26 heavy (non-hydrogen) atoms. The Hall–Kier alpha value is -2.20. The number of benzene rings is 1. The first kappa shape index (κ1) is 18.6. The van der Waals surface area contributed by atoms with Gasteiger partial charge in [-0.1, -0.05) is 63.1 Å². The van der Waals surface area contributed by atoms with Crippen molar-refractivity contribution in [1.29, 1.82) is 0 Å². The quantitative estimate of drug-likeness (QED) is 0.616. The van der Waals surface area contributed by atoms with Crippen molar-refractivity contribution in [3.63, 3.8) is 0 Å². The lowest BCUT2D eigenvalue weighted by Gasteiger charge is -2.21. The van der Waals surface area contributed by atoms with Crippen LogP contribution in [0, 0.1) is 5.41 Å². The molecule has 0 aliphatic heterocycles. The molecular weight excluding hydrogens is 344 g/mol. The Morgan fingerprint density at radius 1 is 1.00 bits per heavy atom. The van der Waals surface area contributed by atoms with Crippen LogP contribution in [0.2, 0.25) is 5.15 Å². The summed E-state index contributed by atoms with van der Waals surface area (Å²) >= 11 is 5.79. The van der Waals surface area contributed by atoms with Crippen LogP contribution in [0.1, 0.15) is 44.3 Å². The summed E-state index contributed by atoms with van der Waals surface area (Å²) in [6, 6.07) is 12.1. The minimum absolute atomic E-state index is 0.310. The van der Waals surface area contributed by atoms with Crippen molar-refractivity contribution in [3.05, 3.63) is 64.8 Å². The molecule has 4 nitrogen and oxygen atoms in total. The van der Waals surface area contributed by atoms with Crippen LogP contribution in [-0.4, -0.2) is 20.2 Å². The number of nitrogens with one attached hydrogen (secondary N) is 1. The Labute approximate surface area is 160 Å². The Bertz CT molecular complexity index is 835. The molecule has 0 aliphatic carbocycles. The first-order chi connectivity index (χ1) is 12.4. The molecule has 2 heterocycles. The summed E-state index contributed by atoms with van der Waals surface area (Å²) in [7, 11) is 0. The van der Waals surface area contributed by atoms with Crippen LogP contribution < -0.4 is 0 Å². The second-order valence-corrected chi connectivity index (χ2v) is 7.88. The zero-order valence-corrected chi connectivity index (χ0v) is 16.3. The molecule has 0 atom stereocenters. The number of aryl methyl sites for hydroxylation is 2. The predicted octanol–water partition coefficient (Wildman–Crippen LogP) is 5.28. The Morgan fingerprint density at radius 2 is 1.77 bits per heavy atom. The first-order valence-electron chi connectivity index (χ1n) is 9.06. The van der Waals surface area contributed by atoms with Gasteiger partial charge in [0, 0.05) is 23.9 Å². The van der Waals surface area contributed by atoms with Gasteiger partial charge in [-0.2, -0.15) is 0 Å².